The molecule has 7 nitrogen and oxygen atoms in total. The van der Waals surface area contributed by atoms with E-state index in [1.54, 1.807) is 4.68 Å². The number of hydrogen-bond donors (Lipinski definition) is 1. The summed E-state index contributed by atoms with van der Waals surface area (Å²) in [6.45, 7) is 2.77. The zero-order valence-corrected chi connectivity index (χ0v) is 12.9. The Morgan fingerprint density at radius 2 is 1.77 bits per heavy atom. The van der Waals surface area contributed by atoms with Gasteiger partial charge in [-0.3, -0.25) is 0 Å². The lowest BCUT2D eigenvalue weighted by molar-refractivity contribution is 0.0577. The smallest absolute Gasteiger partial charge is 0.358 e. The van der Waals surface area contributed by atoms with Crippen molar-refractivity contribution >= 4 is 11.8 Å². The topological polar surface area (TPSA) is 88.6 Å². The summed E-state index contributed by atoms with van der Waals surface area (Å²) in [6, 6.07) is 0.186. The molecule has 7 heteroatoms. The Kier molecular flexibility index (Phi) is 4.63. The first-order valence-electron chi connectivity index (χ1n) is 7.84. The van der Waals surface area contributed by atoms with Crippen molar-refractivity contribution in [2.24, 2.45) is 0 Å². The molecule has 0 saturated carbocycles. The fourth-order valence-electron chi connectivity index (χ4n) is 3.30. The minimum absolute atomic E-state index is 0.186. The van der Waals surface area contributed by atoms with Gasteiger partial charge in [0.25, 0.3) is 0 Å². The third-order valence-corrected chi connectivity index (χ3v) is 4.53. The van der Waals surface area contributed by atoms with Gasteiger partial charge in [-0.2, -0.15) is 5.10 Å². The lowest BCUT2D eigenvalue weighted by Crippen LogP contribution is -2.22. The lowest BCUT2D eigenvalue weighted by Gasteiger charge is -2.25. The molecule has 0 aromatic carbocycles. The van der Waals surface area contributed by atoms with Crippen molar-refractivity contribution in [1.82, 2.24) is 9.78 Å². The number of aromatic nitrogens is 2. The van der Waals surface area contributed by atoms with Crippen LogP contribution in [0.15, 0.2) is 0 Å². The Bertz CT molecular complexity index is 531. The van der Waals surface area contributed by atoms with Crippen LogP contribution >= 0.6 is 0 Å². The highest BCUT2D eigenvalue weighted by atomic mass is 16.5. The first kappa shape index (κ1) is 15.3. The summed E-state index contributed by atoms with van der Waals surface area (Å²) in [7, 11) is 1.37. The number of carbonyl (C=O) groups excluding carboxylic acids is 1. The minimum atomic E-state index is -0.418. The number of methoxy groups -OCH3 is 1. The highest BCUT2D eigenvalue weighted by molar-refractivity contribution is 5.90. The van der Waals surface area contributed by atoms with Crippen LogP contribution < -0.4 is 5.73 Å². The summed E-state index contributed by atoms with van der Waals surface area (Å²) in [5, 5.41) is 4.50. The number of nitrogens with zero attached hydrogens (tertiary/aromatic N) is 2. The fourth-order valence-corrected chi connectivity index (χ4v) is 3.30. The van der Waals surface area contributed by atoms with E-state index in [1.165, 1.54) is 7.11 Å². The normalized spacial score (nSPS) is 21.0. The average Bonchev–Trinajstić information content (AvgIpc) is 2.93. The number of esters is 1. The van der Waals surface area contributed by atoms with Crippen LogP contribution in [-0.2, 0) is 14.2 Å². The Morgan fingerprint density at radius 3 is 2.36 bits per heavy atom. The minimum Gasteiger partial charge on any atom is -0.464 e. The van der Waals surface area contributed by atoms with Gasteiger partial charge < -0.3 is 19.9 Å². The van der Waals surface area contributed by atoms with Crippen molar-refractivity contribution in [3.63, 3.8) is 0 Å². The lowest BCUT2D eigenvalue weighted by atomic mass is 9.91. The van der Waals surface area contributed by atoms with Crippen LogP contribution in [0.25, 0.3) is 0 Å². The number of carbonyl (C=O) groups is 1. The van der Waals surface area contributed by atoms with Crippen molar-refractivity contribution in [2.45, 2.75) is 37.6 Å². The fraction of sp³-hybridized carbons (Fsp3) is 0.733. The maximum atomic E-state index is 12.1. The second kappa shape index (κ2) is 6.66. The second-order valence-electron chi connectivity index (χ2n) is 5.81. The molecule has 2 saturated heterocycles. The third kappa shape index (κ3) is 2.83. The molecule has 22 heavy (non-hydrogen) atoms. The van der Waals surface area contributed by atoms with Gasteiger partial charge in [0.2, 0.25) is 0 Å². The molecule has 2 fully saturated rings. The SMILES string of the molecule is COC(=O)c1nn(C2CCOCC2)c(N)c1C1CCOCC1. The Hall–Kier alpha value is -1.60. The van der Waals surface area contributed by atoms with E-state index in [2.05, 4.69) is 5.10 Å². The van der Waals surface area contributed by atoms with Gasteiger partial charge in [0.05, 0.1) is 13.2 Å². The molecule has 0 aliphatic carbocycles. The van der Waals surface area contributed by atoms with Crippen LogP contribution in [0.3, 0.4) is 0 Å². The largest absolute Gasteiger partial charge is 0.464 e. The van der Waals surface area contributed by atoms with Crippen LogP contribution in [0.1, 0.15) is 53.7 Å². The summed E-state index contributed by atoms with van der Waals surface area (Å²) in [4.78, 5) is 12.1. The van der Waals surface area contributed by atoms with Gasteiger partial charge in [-0.1, -0.05) is 0 Å². The van der Waals surface area contributed by atoms with Gasteiger partial charge in [0, 0.05) is 32.0 Å². The van der Waals surface area contributed by atoms with Gasteiger partial charge in [-0.25, -0.2) is 9.48 Å². The molecular formula is C15H23N3O4. The Balaban J connectivity index is 1.97. The van der Waals surface area contributed by atoms with Gasteiger partial charge in [-0.05, 0) is 31.6 Å². The van der Waals surface area contributed by atoms with E-state index in [0.29, 0.717) is 37.9 Å². The number of nitrogens with two attached hydrogens (primary N) is 1. The van der Waals surface area contributed by atoms with E-state index in [4.69, 9.17) is 19.9 Å². The molecule has 0 spiro atoms. The van der Waals surface area contributed by atoms with Crippen molar-refractivity contribution in [2.75, 3.05) is 39.3 Å². The number of anilines is 1. The Labute approximate surface area is 129 Å². The molecule has 0 unspecified atom stereocenters. The van der Waals surface area contributed by atoms with E-state index in [9.17, 15) is 4.79 Å². The summed E-state index contributed by atoms with van der Waals surface area (Å²) in [5.41, 5.74) is 7.56. The molecule has 0 amide bonds. The summed E-state index contributed by atoms with van der Waals surface area (Å²) >= 11 is 0. The van der Waals surface area contributed by atoms with Gasteiger partial charge in [0.15, 0.2) is 5.69 Å². The first-order chi connectivity index (χ1) is 10.7. The molecule has 1 aromatic rings. The first-order valence-corrected chi connectivity index (χ1v) is 7.84. The molecule has 3 rings (SSSR count). The summed E-state index contributed by atoms with van der Waals surface area (Å²) < 4.78 is 17.5. The quantitative estimate of drug-likeness (QED) is 0.851. The maximum Gasteiger partial charge on any atom is 0.358 e. The number of ether oxygens (including phenoxy) is 3. The van der Waals surface area contributed by atoms with Gasteiger partial charge in [0.1, 0.15) is 5.82 Å². The average molecular weight is 309 g/mol. The number of nitrogen functional groups attached to an aromatic ring is 1. The van der Waals surface area contributed by atoms with Crippen LogP contribution in [0.2, 0.25) is 0 Å². The van der Waals surface area contributed by atoms with E-state index >= 15 is 0 Å². The molecule has 3 heterocycles. The standard InChI is InChI=1S/C15H23N3O4/c1-20-15(19)13-12(10-2-6-21-7-3-10)14(16)18(17-13)11-4-8-22-9-5-11/h10-11H,2-9,16H2,1H3. The Morgan fingerprint density at radius 1 is 1.18 bits per heavy atom. The van der Waals surface area contributed by atoms with Crippen LogP contribution in [0.5, 0.6) is 0 Å². The zero-order chi connectivity index (χ0) is 15.5. The van der Waals surface area contributed by atoms with Crippen molar-refractivity contribution in [3.8, 4) is 0 Å². The highest BCUT2D eigenvalue weighted by Gasteiger charge is 2.31. The van der Waals surface area contributed by atoms with Crippen LogP contribution in [-0.4, -0.2) is 49.3 Å². The molecule has 0 bridgehead atoms. The van der Waals surface area contributed by atoms with Crippen LogP contribution in [0, 0.1) is 0 Å². The van der Waals surface area contributed by atoms with Gasteiger partial charge >= 0.3 is 5.97 Å². The predicted octanol–water partition coefficient (Wildman–Crippen LogP) is 1.50. The number of rotatable bonds is 3. The highest BCUT2D eigenvalue weighted by Crippen LogP contribution is 2.36. The molecule has 1 aromatic heterocycles. The molecule has 2 N–H and O–H groups in total. The van der Waals surface area contributed by atoms with Crippen molar-refractivity contribution in [3.05, 3.63) is 11.3 Å². The molecule has 2 aliphatic heterocycles. The van der Waals surface area contributed by atoms with E-state index in [0.717, 1.165) is 31.2 Å². The van der Waals surface area contributed by atoms with E-state index < -0.39 is 5.97 Å². The molecule has 0 radical (unpaired) electrons. The molecule has 0 atom stereocenters. The molecule has 2 aliphatic rings. The monoisotopic (exact) mass is 309 g/mol. The van der Waals surface area contributed by atoms with Crippen molar-refractivity contribution < 1.29 is 19.0 Å². The predicted molar refractivity (Wildman–Crippen MR) is 79.9 cm³/mol. The number of hydrogen-bond acceptors (Lipinski definition) is 6. The molecular weight excluding hydrogens is 286 g/mol. The molecule has 122 valence electrons. The van der Waals surface area contributed by atoms with Gasteiger partial charge in [-0.15, -0.1) is 0 Å². The third-order valence-electron chi connectivity index (χ3n) is 4.53. The maximum absolute atomic E-state index is 12.1. The van der Waals surface area contributed by atoms with E-state index in [-0.39, 0.29) is 12.0 Å². The van der Waals surface area contributed by atoms with Crippen molar-refractivity contribution in [1.29, 1.82) is 0 Å². The van der Waals surface area contributed by atoms with E-state index in [1.807, 2.05) is 0 Å². The zero-order valence-electron chi connectivity index (χ0n) is 12.9. The second-order valence-corrected chi connectivity index (χ2v) is 5.81. The van der Waals surface area contributed by atoms with Crippen LogP contribution in [0.4, 0.5) is 5.82 Å². The summed E-state index contributed by atoms with van der Waals surface area (Å²) in [6.07, 6.45) is 3.43. The summed E-state index contributed by atoms with van der Waals surface area (Å²) in [5.74, 6) is 0.384.